The molecule has 10 heteroatoms. The van der Waals surface area contributed by atoms with Crippen molar-refractivity contribution in [3.05, 3.63) is 161 Å². The Labute approximate surface area is 288 Å². The van der Waals surface area contributed by atoms with Crippen molar-refractivity contribution in [3.8, 4) is 16.8 Å². The van der Waals surface area contributed by atoms with Crippen molar-refractivity contribution in [2.75, 3.05) is 5.75 Å². The largest absolute Gasteiger partial charge is 0.392 e. The SMILES string of the molecule is O=C(NCc1cccc(-c2cccc(C3OC(CSc4nnnn4-c4ccccc4)CC(c4ccc(CO)cc4)O3)c2)c1)c1ccccc1. The van der Waals surface area contributed by atoms with Crippen LogP contribution in [0.2, 0.25) is 0 Å². The van der Waals surface area contributed by atoms with E-state index in [1.54, 1.807) is 28.6 Å². The Kier molecular flexibility index (Phi) is 10.2. The van der Waals surface area contributed by atoms with Gasteiger partial charge in [-0.1, -0.05) is 109 Å². The van der Waals surface area contributed by atoms with Gasteiger partial charge in [-0.3, -0.25) is 4.79 Å². The number of aliphatic hydroxyl groups is 1. The maximum atomic E-state index is 12.6. The van der Waals surface area contributed by atoms with E-state index in [1.165, 1.54) is 0 Å². The van der Waals surface area contributed by atoms with E-state index in [0.29, 0.717) is 29.4 Å². The topological polar surface area (TPSA) is 111 Å². The number of thioether (sulfide) groups is 1. The van der Waals surface area contributed by atoms with Gasteiger partial charge in [0, 0.05) is 29.8 Å². The lowest BCUT2D eigenvalue weighted by Crippen LogP contribution is -2.31. The average Bonchev–Trinajstić information content (AvgIpc) is 3.66. The molecule has 0 radical (unpaired) electrons. The summed E-state index contributed by atoms with van der Waals surface area (Å²) in [6.07, 6.45) is -0.346. The highest BCUT2D eigenvalue weighted by Crippen LogP contribution is 2.40. The molecule has 246 valence electrons. The number of nitrogens with one attached hydrogen (secondary N) is 1. The lowest BCUT2D eigenvalue weighted by molar-refractivity contribution is -0.245. The summed E-state index contributed by atoms with van der Waals surface area (Å²) in [5.41, 5.74) is 7.34. The first-order chi connectivity index (χ1) is 24.1. The molecule has 49 heavy (non-hydrogen) atoms. The third-order valence-corrected chi connectivity index (χ3v) is 9.41. The smallest absolute Gasteiger partial charge is 0.251 e. The summed E-state index contributed by atoms with van der Waals surface area (Å²) in [5.74, 6) is 0.513. The monoisotopic (exact) mass is 669 g/mol. The van der Waals surface area contributed by atoms with Crippen LogP contribution in [0, 0.1) is 0 Å². The average molecular weight is 670 g/mol. The van der Waals surface area contributed by atoms with Gasteiger partial charge in [-0.2, -0.15) is 4.68 Å². The van der Waals surface area contributed by atoms with Gasteiger partial charge >= 0.3 is 0 Å². The molecular weight excluding hydrogens is 635 g/mol. The van der Waals surface area contributed by atoms with E-state index < -0.39 is 6.29 Å². The normalized spacial score (nSPS) is 17.4. The Bertz CT molecular complexity index is 1990. The standard InChI is InChI=1S/C39H35N5O4S/c45-25-27-17-19-29(20-18-27)36-23-35(26-49-39-41-42-43-44(39)34-15-5-2-6-16-34)47-38(48-36)33-14-8-13-32(22-33)31-12-7-9-28(21-31)24-40-37(46)30-10-3-1-4-11-30/h1-22,35-36,38,45H,23-26H2,(H,40,46). The molecule has 9 nitrogen and oxygen atoms in total. The molecule has 1 aliphatic rings. The summed E-state index contributed by atoms with van der Waals surface area (Å²) in [5, 5.41) is 25.7. The number of hydrogen-bond acceptors (Lipinski definition) is 8. The van der Waals surface area contributed by atoms with Crippen LogP contribution in [0.5, 0.6) is 0 Å². The molecule has 0 aliphatic carbocycles. The molecule has 5 aromatic carbocycles. The molecule has 7 rings (SSSR count). The van der Waals surface area contributed by atoms with Gasteiger partial charge in [-0.05, 0) is 74.6 Å². The lowest BCUT2D eigenvalue weighted by Gasteiger charge is -2.36. The van der Waals surface area contributed by atoms with Crippen molar-refractivity contribution in [2.24, 2.45) is 0 Å². The highest BCUT2D eigenvalue weighted by atomic mass is 32.2. The number of carbonyl (C=O) groups is 1. The molecule has 0 bridgehead atoms. The van der Waals surface area contributed by atoms with Gasteiger partial charge in [0.15, 0.2) is 6.29 Å². The van der Waals surface area contributed by atoms with Gasteiger partial charge < -0.3 is 19.9 Å². The molecule has 6 aromatic rings. The van der Waals surface area contributed by atoms with E-state index in [-0.39, 0.29) is 24.7 Å². The van der Waals surface area contributed by atoms with Crippen LogP contribution >= 0.6 is 11.8 Å². The summed E-state index contributed by atoms with van der Waals surface area (Å²) < 4.78 is 15.0. The zero-order chi connectivity index (χ0) is 33.4. The number of aliphatic hydroxyl groups excluding tert-OH is 1. The molecule has 3 unspecified atom stereocenters. The Morgan fingerprint density at radius 2 is 1.53 bits per heavy atom. The van der Waals surface area contributed by atoms with Crippen LogP contribution < -0.4 is 5.32 Å². The second-order valence-corrected chi connectivity index (χ2v) is 12.7. The van der Waals surface area contributed by atoms with Crippen LogP contribution in [0.1, 0.15) is 51.4 Å². The van der Waals surface area contributed by atoms with Gasteiger partial charge in [0.2, 0.25) is 5.16 Å². The minimum atomic E-state index is -0.611. The number of benzene rings is 5. The minimum absolute atomic E-state index is 0.0136. The highest BCUT2D eigenvalue weighted by Gasteiger charge is 2.33. The number of amides is 1. The molecular formula is C39H35N5O4S. The number of ether oxygens (including phenoxy) is 2. The van der Waals surface area contributed by atoms with Crippen molar-refractivity contribution in [2.45, 2.75) is 43.2 Å². The van der Waals surface area contributed by atoms with Crippen molar-refractivity contribution < 1.29 is 19.4 Å². The molecule has 3 atom stereocenters. The van der Waals surface area contributed by atoms with E-state index in [1.807, 2.05) is 97.1 Å². The Morgan fingerprint density at radius 3 is 2.31 bits per heavy atom. The van der Waals surface area contributed by atoms with Gasteiger partial charge in [0.1, 0.15) is 0 Å². The number of tetrazole rings is 1. The molecule has 1 amide bonds. The number of carbonyl (C=O) groups excluding carboxylic acids is 1. The van der Waals surface area contributed by atoms with E-state index >= 15 is 0 Å². The highest BCUT2D eigenvalue weighted by molar-refractivity contribution is 7.99. The van der Waals surface area contributed by atoms with Gasteiger partial charge in [0.05, 0.1) is 24.5 Å². The van der Waals surface area contributed by atoms with Crippen LogP contribution in [-0.2, 0) is 22.6 Å². The second-order valence-electron chi connectivity index (χ2n) is 11.7. The first-order valence-electron chi connectivity index (χ1n) is 16.1. The maximum absolute atomic E-state index is 12.6. The number of aromatic nitrogens is 4. The Balaban J connectivity index is 1.10. The summed E-state index contributed by atoms with van der Waals surface area (Å²) in [4.78, 5) is 12.6. The number of para-hydroxylation sites is 1. The summed E-state index contributed by atoms with van der Waals surface area (Å²) in [6.45, 7) is 0.403. The zero-order valence-electron chi connectivity index (χ0n) is 26.6. The first kappa shape index (κ1) is 32.4. The van der Waals surface area contributed by atoms with Crippen LogP contribution in [-0.4, -0.2) is 43.1 Å². The van der Waals surface area contributed by atoms with Gasteiger partial charge in [0.25, 0.3) is 5.91 Å². The predicted octanol–water partition coefficient (Wildman–Crippen LogP) is 7.09. The van der Waals surface area contributed by atoms with E-state index in [4.69, 9.17) is 9.47 Å². The molecule has 1 aliphatic heterocycles. The number of hydrogen-bond donors (Lipinski definition) is 2. The summed E-state index contributed by atoms with van der Waals surface area (Å²) >= 11 is 1.55. The van der Waals surface area contributed by atoms with Crippen molar-refractivity contribution in [1.29, 1.82) is 0 Å². The van der Waals surface area contributed by atoms with Crippen LogP contribution in [0.3, 0.4) is 0 Å². The van der Waals surface area contributed by atoms with Crippen LogP contribution in [0.4, 0.5) is 0 Å². The third-order valence-electron chi connectivity index (χ3n) is 8.36. The van der Waals surface area contributed by atoms with E-state index in [0.717, 1.165) is 39.1 Å². The van der Waals surface area contributed by atoms with E-state index in [9.17, 15) is 9.90 Å². The summed E-state index contributed by atoms with van der Waals surface area (Å²) in [7, 11) is 0. The Morgan fingerprint density at radius 1 is 0.796 bits per heavy atom. The van der Waals surface area contributed by atoms with E-state index in [2.05, 4.69) is 45.1 Å². The first-order valence-corrected chi connectivity index (χ1v) is 17.1. The fraction of sp³-hybridized carbons (Fsp3) is 0.179. The summed E-state index contributed by atoms with van der Waals surface area (Å²) in [6, 6.07) is 43.3. The van der Waals surface area contributed by atoms with Crippen molar-refractivity contribution in [1.82, 2.24) is 25.5 Å². The quantitative estimate of drug-likeness (QED) is 0.141. The Hall–Kier alpha value is -5.13. The molecule has 0 spiro atoms. The van der Waals surface area contributed by atoms with Crippen molar-refractivity contribution in [3.63, 3.8) is 0 Å². The number of nitrogens with zero attached hydrogens (tertiary/aromatic N) is 4. The number of rotatable bonds is 11. The van der Waals surface area contributed by atoms with Gasteiger partial charge in [-0.15, -0.1) is 5.10 Å². The fourth-order valence-corrected chi connectivity index (χ4v) is 6.70. The second kappa shape index (κ2) is 15.4. The third kappa shape index (κ3) is 7.96. The molecule has 0 saturated carbocycles. The minimum Gasteiger partial charge on any atom is -0.392 e. The van der Waals surface area contributed by atoms with Crippen LogP contribution in [0.25, 0.3) is 16.8 Å². The molecule has 1 saturated heterocycles. The molecule has 2 heterocycles. The zero-order valence-corrected chi connectivity index (χ0v) is 27.4. The maximum Gasteiger partial charge on any atom is 0.251 e. The fourth-order valence-electron chi connectivity index (χ4n) is 5.79. The molecule has 2 N–H and O–H groups in total. The van der Waals surface area contributed by atoms with Crippen molar-refractivity contribution >= 4 is 17.7 Å². The molecule has 1 aromatic heterocycles. The van der Waals surface area contributed by atoms with Crippen LogP contribution in [0.15, 0.2) is 139 Å². The molecule has 1 fully saturated rings. The lowest BCUT2D eigenvalue weighted by atomic mass is 9.99. The van der Waals surface area contributed by atoms with Gasteiger partial charge in [-0.25, -0.2) is 0 Å². The predicted molar refractivity (Wildman–Crippen MR) is 188 cm³/mol.